The summed E-state index contributed by atoms with van der Waals surface area (Å²) in [6.07, 6.45) is 1.28. The van der Waals surface area contributed by atoms with Crippen LogP contribution >= 0.6 is 0 Å². The Balaban J connectivity index is 1.39. The fourth-order valence-electron chi connectivity index (χ4n) is 3.60. The lowest BCUT2D eigenvalue weighted by Crippen LogP contribution is -2.19. The first-order valence-corrected chi connectivity index (χ1v) is 10.8. The van der Waals surface area contributed by atoms with Gasteiger partial charge in [0.1, 0.15) is 6.10 Å². The molecular weight excluding hydrogens is 420 g/mol. The van der Waals surface area contributed by atoms with Gasteiger partial charge in [-0.05, 0) is 24.1 Å². The first-order valence-electron chi connectivity index (χ1n) is 10.8. The fraction of sp³-hybridized carbons (Fsp3) is 0.222. The molecule has 33 heavy (non-hydrogen) atoms. The smallest absolute Gasteiger partial charge is 0.341 e. The molecule has 3 aromatic carbocycles. The van der Waals surface area contributed by atoms with E-state index in [2.05, 4.69) is 24.3 Å². The molecule has 4 aromatic rings. The summed E-state index contributed by atoms with van der Waals surface area (Å²) >= 11 is 0. The number of rotatable bonds is 11. The summed E-state index contributed by atoms with van der Waals surface area (Å²) < 4.78 is 23.3. The van der Waals surface area contributed by atoms with Crippen molar-refractivity contribution in [2.75, 3.05) is 13.2 Å². The molecule has 4 rings (SSSR count). The van der Waals surface area contributed by atoms with E-state index in [1.54, 1.807) is 18.4 Å². The van der Waals surface area contributed by atoms with Gasteiger partial charge in [-0.2, -0.15) is 0 Å². The molecule has 170 valence electrons. The van der Waals surface area contributed by atoms with E-state index in [1.165, 1.54) is 0 Å². The van der Waals surface area contributed by atoms with E-state index in [0.29, 0.717) is 24.5 Å². The van der Waals surface area contributed by atoms with Crippen molar-refractivity contribution in [3.05, 3.63) is 102 Å². The third-order valence-corrected chi connectivity index (χ3v) is 5.22. The van der Waals surface area contributed by atoms with Gasteiger partial charge in [-0.1, -0.05) is 72.8 Å². The zero-order chi connectivity index (χ0) is 23.0. The second kappa shape index (κ2) is 10.8. The zero-order valence-corrected chi connectivity index (χ0v) is 18.3. The van der Waals surface area contributed by atoms with Gasteiger partial charge in [0.2, 0.25) is 0 Å². The molecule has 0 aliphatic heterocycles. The van der Waals surface area contributed by atoms with Gasteiger partial charge in [-0.3, -0.25) is 0 Å². The van der Waals surface area contributed by atoms with Gasteiger partial charge in [0, 0.05) is 10.9 Å². The third-order valence-electron chi connectivity index (χ3n) is 5.22. The Morgan fingerprint density at radius 1 is 0.909 bits per heavy atom. The lowest BCUT2D eigenvalue weighted by molar-refractivity contribution is -0.139. The molecule has 0 unspecified atom stereocenters. The summed E-state index contributed by atoms with van der Waals surface area (Å²) in [6, 6.07) is 25.6. The van der Waals surface area contributed by atoms with Crippen molar-refractivity contribution in [3.63, 3.8) is 0 Å². The maximum absolute atomic E-state index is 10.8. The molecule has 1 atom stereocenters. The predicted octanol–water partition coefficient (Wildman–Crippen LogP) is 5.61. The highest BCUT2D eigenvalue weighted by Gasteiger charge is 2.17. The molecule has 0 radical (unpaired) electrons. The maximum atomic E-state index is 10.8. The number of carboxylic acids is 1. The Hall–Kier alpha value is -3.61. The average Bonchev–Trinajstić information content (AvgIpc) is 3.26. The van der Waals surface area contributed by atoms with Gasteiger partial charge in [-0.15, -0.1) is 0 Å². The minimum Gasteiger partial charge on any atom is -0.479 e. The van der Waals surface area contributed by atoms with Gasteiger partial charge in [-0.25, -0.2) is 4.79 Å². The zero-order valence-electron chi connectivity index (χ0n) is 18.3. The molecule has 1 heterocycles. The van der Waals surface area contributed by atoms with Gasteiger partial charge >= 0.3 is 5.97 Å². The van der Waals surface area contributed by atoms with Crippen LogP contribution in [0.15, 0.2) is 89.5 Å². The van der Waals surface area contributed by atoms with Crippen LogP contribution in [0.5, 0.6) is 5.75 Å². The summed E-state index contributed by atoms with van der Waals surface area (Å²) in [7, 11) is 0. The molecule has 0 amide bonds. The second-order valence-electron chi connectivity index (χ2n) is 7.73. The van der Waals surface area contributed by atoms with Crippen LogP contribution in [-0.2, 0) is 20.9 Å². The van der Waals surface area contributed by atoms with Gasteiger partial charge < -0.3 is 23.7 Å². The highest BCUT2D eigenvalue weighted by atomic mass is 16.5. The van der Waals surface area contributed by atoms with Crippen molar-refractivity contribution in [1.29, 1.82) is 0 Å². The molecule has 1 N–H and O–H groups in total. The van der Waals surface area contributed by atoms with Crippen molar-refractivity contribution < 1.29 is 28.5 Å². The summed E-state index contributed by atoms with van der Waals surface area (Å²) in [4.78, 5) is 10.8. The van der Waals surface area contributed by atoms with Crippen molar-refractivity contribution >= 4 is 16.9 Å². The summed E-state index contributed by atoms with van der Waals surface area (Å²) in [5.41, 5.74) is 3.55. The van der Waals surface area contributed by atoms with E-state index >= 15 is 0 Å². The summed E-state index contributed by atoms with van der Waals surface area (Å²) in [6.45, 7) is 2.29. The van der Waals surface area contributed by atoms with E-state index in [1.807, 2.05) is 49.4 Å². The molecule has 0 aliphatic carbocycles. The Labute approximate surface area is 192 Å². The molecular formula is C27H26O6. The van der Waals surface area contributed by atoms with Crippen LogP contribution in [-0.4, -0.2) is 30.4 Å². The third kappa shape index (κ3) is 5.80. The molecule has 0 spiro atoms. The van der Waals surface area contributed by atoms with Crippen LogP contribution in [0.1, 0.15) is 29.7 Å². The Morgan fingerprint density at radius 2 is 1.58 bits per heavy atom. The highest BCUT2D eigenvalue weighted by Crippen LogP contribution is 2.31. The number of ether oxygens (including phenoxy) is 3. The number of para-hydroxylation sites is 1. The van der Waals surface area contributed by atoms with E-state index in [0.717, 1.165) is 22.1 Å². The van der Waals surface area contributed by atoms with E-state index in [9.17, 15) is 4.79 Å². The van der Waals surface area contributed by atoms with Crippen molar-refractivity contribution in [1.82, 2.24) is 0 Å². The minimum absolute atomic E-state index is 0.156. The number of aliphatic carboxylic acids is 1. The molecule has 6 nitrogen and oxygen atoms in total. The standard InChI is InChI=1S/C27H26O6/c1-19(15-32-26(20-9-4-2-5-10-20)21-11-6-3-7-12-21)30-16-22-17-33-27-23(22)13-8-14-24(27)31-18-25(28)29/h2-14,17,19,26H,15-16,18H2,1H3,(H,28,29)/t19-/m1/s1. The number of furan rings is 1. The Kier molecular flexibility index (Phi) is 7.40. The van der Waals surface area contributed by atoms with Crippen LogP contribution in [0.2, 0.25) is 0 Å². The monoisotopic (exact) mass is 446 g/mol. The van der Waals surface area contributed by atoms with Crippen molar-refractivity contribution in [2.45, 2.75) is 25.7 Å². The average molecular weight is 446 g/mol. The highest BCUT2D eigenvalue weighted by molar-refractivity contribution is 5.86. The quantitative estimate of drug-likeness (QED) is 0.323. The minimum atomic E-state index is -1.04. The number of benzene rings is 3. The van der Waals surface area contributed by atoms with Crippen LogP contribution in [0, 0.1) is 0 Å². The number of hydrogen-bond donors (Lipinski definition) is 1. The van der Waals surface area contributed by atoms with E-state index in [4.69, 9.17) is 23.7 Å². The molecule has 0 aliphatic rings. The number of fused-ring (bicyclic) bond motifs is 1. The van der Waals surface area contributed by atoms with E-state index in [-0.39, 0.29) is 12.2 Å². The van der Waals surface area contributed by atoms with Gasteiger partial charge in [0.05, 0.1) is 25.6 Å². The lowest BCUT2D eigenvalue weighted by Gasteiger charge is -2.21. The number of carbonyl (C=O) groups is 1. The van der Waals surface area contributed by atoms with Gasteiger partial charge in [0.25, 0.3) is 0 Å². The Bertz CT molecular complexity index is 1130. The van der Waals surface area contributed by atoms with Crippen LogP contribution in [0.4, 0.5) is 0 Å². The Morgan fingerprint density at radius 3 is 2.21 bits per heavy atom. The van der Waals surface area contributed by atoms with E-state index < -0.39 is 12.6 Å². The molecule has 6 heteroatoms. The van der Waals surface area contributed by atoms with Crippen molar-refractivity contribution in [3.8, 4) is 5.75 Å². The lowest BCUT2D eigenvalue weighted by atomic mass is 10.0. The number of carboxylic acid groups (broad SMARTS) is 1. The summed E-state index contributed by atoms with van der Waals surface area (Å²) in [5.74, 6) is -0.647. The second-order valence-corrected chi connectivity index (χ2v) is 7.73. The first-order chi connectivity index (χ1) is 16.1. The molecule has 0 saturated heterocycles. The first kappa shape index (κ1) is 22.6. The van der Waals surface area contributed by atoms with Crippen LogP contribution < -0.4 is 4.74 Å². The maximum Gasteiger partial charge on any atom is 0.341 e. The van der Waals surface area contributed by atoms with Crippen LogP contribution in [0.3, 0.4) is 0 Å². The predicted molar refractivity (Wildman–Crippen MR) is 124 cm³/mol. The van der Waals surface area contributed by atoms with Crippen molar-refractivity contribution in [2.24, 2.45) is 0 Å². The molecule has 1 aromatic heterocycles. The van der Waals surface area contributed by atoms with Crippen LogP contribution in [0.25, 0.3) is 11.0 Å². The fourth-order valence-corrected chi connectivity index (χ4v) is 3.60. The summed E-state index contributed by atoms with van der Waals surface area (Å²) in [5, 5.41) is 9.68. The normalized spacial score (nSPS) is 12.2. The largest absolute Gasteiger partial charge is 0.479 e. The molecule has 0 saturated carbocycles. The topological polar surface area (TPSA) is 78.1 Å². The SMILES string of the molecule is C[C@H](COC(c1ccccc1)c1ccccc1)OCc1coc2c(OCC(=O)O)cccc12. The molecule has 0 bridgehead atoms. The van der Waals surface area contributed by atoms with Gasteiger partial charge in [0.15, 0.2) is 17.9 Å². The number of hydrogen-bond acceptors (Lipinski definition) is 5. The molecule has 0 fully saturated rings.